The van der Waals surface area contributed by atoms with Crippen LogP contribution in [0.5, 0.6) is 0 Å². The second-order valence-corrected chi connectivity index (χ2v) is 14.4. The molecule has 0 bridgehead atoms. The van der Waals surface area contributed by atoms with Gasteiger partial charge in [0.15, 0.2) is 10.8 Å². The van der Waals surface area contributed by atoms with Gasteiger partial charge in [-0.15, -0.1) is 28.2 Å². The SMILES string of the molecule is CCP(=O)(CC)ON=C(C(=O)N[C@@H]1C(=O)N2C(C(=O)O)=C(C(C)Sc3nnn[nH]3)CS[C@@H]12)c1csc(N)n1. The van der Waals surface area contributed by atoms with Crippen LogP contribution in [0.15, 0.2) is 27.0 Å². The lowest BCUT2D eigenvalue weighted by molar-refractivity contribution is -0.150. The fourth-order valence-electron chi connectivity index (χ4n) is 3.66. The van der Waals surface area contributed by atoms with Crippen LogP contribution in [-0.2, 0) is 23.6 Å². The molecule has 0 spiro atoms. The summed E-state index contributed by atoms with van der Waals surface area (Å²) in [6.07, 6.45) is 0.429. The average molecular weight is 602 g/mol. The molecule has 4 rings (SSSR count). The van der Waals surface area contributed by atoms with Crippen molar-refractivity contribution in [3.05, 3.63) is 22.3 Å². The predicted molar refractivity (Wildman–Crippen MR) is 142 cm³/mol. The number of H-pyrrole nitrogens is 1. The second-order valence-electron chi connectivity index (χ2n) is 8.05. The summed E-state index contributed by atoms with van der Waals surface area (Å²) < 4.78 is 18.0. The number of amides is 2. The van der Waals surface area contributed by atoms with Crippen molar-refractivity contribution in [3.63, 3.8) is 0 Å². The van der Waals surface area contributed by atoms with Gasteiger partial charge in [-0.05, 0) is 22.9 Å². The number of nitrogen functional groups attached to an aromatic ring is 1. The molecular formula is C19H24N9O6PS3. The Labute approximate surface area is 228 Å². The van der Waals surface area contributed by atoms with E-state index in [0.29, 0.717) is 16.5 Å². The molecule has 19 heteroatoms. The van der Waals surface area contributed by atoms with Crippen LogP contribution >= 0.6 is 42.2 Å². The molecule has 1 fully saturated rings. The summed E-state index contributed by atoms with van der Waals surface area (Å²) in [6, 6.07) is -1.02. The smallest absolute Gasteiger partial charge is 0.352 e. The molecule has 204 valence electrons. The van der Waals surface area contributed by atoms with Crippen molar-refractivity contribution in [1.82, 2.24) is 35.8 Å². The maximum atomic E-state index is 13.2. The number of carbonyl (C=O) groups excluding carboxylic acids is 2. The number of nitrogens with two attached hydrogens (primary N) is 1. The van der Waals surface area contributed by atoms with E-state index in [1.165, 1.54) is 33.8 Å². The van der Waals surface area contributed by atoms with Crippen LogP contribution in [0, 0.1) is 0 Å². The van der Waals surface area contributed by atoms with Gasteiger partial charge >= 0.3 is 5.97 Å². The number of hydrogen-bond donors (Lipinski definition) is 4. The van der Waals surface area contributed by atoms with Gasteiger partial charge in [0.2, 0.25) is 5.16 Å². The first-order chi connectivity index (χ1) is 18.1. The summed E-state index contributed by atoms with van der Waals surface area (Å²) in [6.45, 7) is 5.17. The minimum Gasteiger partial charge on any atom is -0.477 e. The molecule has 2 amide bonds. The Morgan fingerprint density at radius 1 is 1.45 bits per heavy atom. The van der Waals surface area contributed by atoms with Gasteiger partial charge in [-0.25, -0.2) is 14.9 Å². The molecular weight excluding hydrogens is 577 g/mol. The van der Waals surface area contributed by atoms with Crippen LogP contribution < -0.4 is 11.1 Å². The Balaban J connectivity index is 1.55. The molecule has 2 aliphatic heterocycles. The third-order valence-corrected chi connectivity index (χ3v) is 11.1. The van der Waals surface area contributed by atoms with Gasteiger partial charge in [0.25, 0.3) is 19.2 Å². The Bertz CT molecular complexity index is 1340. The second kappa shape index (κ2) is 11.4. The first-order valence-electron chi connectivity index (χ1n) is 11.3. The lowest BCUT2D eigenvalue weighted by Gasteiger charge is -2.49. The standard InChI is InChI=1S/C19H24N9O6PS3/c1-4-35(33,5-2)34-25-11(10-7-37-18(20)21-10)14(29)22-12-15(30)28-13(17(31)32)9(6-36-16(12)28)8(3)38-19-23-26-27-24-19/h7-8,12,16H,4-6H2,1-3H3,(H2,20,21)(H,22,29)(H,31,32)(H,23,24,26,27)/t8?,12-,16+/m1/s1. The number of rotatable bonds is 11. The number of nitrogens with zero attached hydrogens (tertiary/aromatic N) is 6. The van der Waals surface area contributed by atoms with Crippen LogP contribution in [-0.4, -0.2) is 93.9 Å². The quantitative estimate of drug-likeness (QED) is 0.0936. The Morgan fingerprint density at radius 3 is 2.76 bits per heavy atom. The van der Waals surface area contributed by atoms with Gasteiger partial charge in [-0.2, -0.15) is 0 Å². The molecule has 3 atom stereocenters. The van der Waals surface area contributed by atoms with Crippen molar-refractivity contribution in [2.24, 2.45) is 5.16 Å². The summed E-state index contributed by atoms with van der Waals surface area (Å²) in [4.78, 5) is 43.7. The topological polar surface area (TPSA) is 219 Å². The highest BCUT2D eigenvalue weighted by Crippen LogP contribution is 2.46. The zero-order chi connectivity index (χ0) is 27.6. The largest absolute Gasteiger partial charge is 0.477 e. The van der Waals surface area contributed by atoms with Crippen LogP contribution in [0.3, 0.4) is 0 Å². The highest BCUT2D eigenvalue weighted by molar-refractivity contribution is 8.01. The van der Waals surface area contributed by atoms with E-state index in [4.69, 9.17) is 10.4 Å². The molecule has 0 aromatic carbocycles. The van der Waals surface area contributed by atoms with Crippen molar-refractivity contribution in [2.75, 3.05) is 23.8 Å². The zero-order valence-electron chi connectivity index (χ0n) is 20.4. The number of aliphatic carboxylic acids is 1. The monoisotopic (exact) mass is 601 g/mol. The molecule has 0 radical (unpaired) electrons. The van der Waals surface area contributed by atoms with Crippen molar-refractivity contribution in [1.29, 1.82) is 0 Å². The molecule has 38 heavy (non-hydrogen) atoms. The highest BCUT2D eigenvalue weighted by atomic mass is 32.2. The van der Waals surface area contributed by atoms with Crippen molar-refractivity contribution < 1.29 is 28.7 Å². The van der Waals surface area contributed by atoms with Gasteiger partial charge in [-0.3, -0.25) is 19.1 Å². The van der Waals surface area contributed by atoms with Crippen LogP contribution in [0.1, 0.15) is 26.5 Å². The number of thioether (sulfide) groups is 2. The number of carboxylic acid groups (broad SMARTS) is 1. The van der Waals surface area contributed by atoms with Crippen molar-refractivity contribution >= 4 is 70.9 Å². The molecule has 2 aromatic rings. The van der Waals surface area contributed by atoms with E-state index in [1.807, 2.05) is 0 Å². The third kappa shape index (κ3) is 5.57. The molecule has 0 saturated carbocycles. The molecule has 0 aliphatic carbocycles. The minimum absolute atomic E-state index is 0.102. The Kier molecular flexibility index (Phi) is 8.44. The van der Waals surface area contributed by atoms with E-state index < -0.39 is 36.6 Å². The van der Waals surface area contributed by atoms with E-state index in [9.17, 15) is 24.1 Å². The van der Waals surface area contributed by atoms with E-state index in [2.05, 4.69) is 36.1 Å². The van der Waals surface area contributed by atoms with E-state index in [1.54, 1.807) is 20.8 Å². The predicted octanol–water partition coefficient (Wildman–Crippen LogP) is 1.20. The summed E-state index contributed by atoms with van der Waals surface area (Å²) >= 11 is 3.62. The lowest BCUT2D eigenvalue weighted by Crippen LogP contribution is -2.71. The maximum absolute atomic E-state index is 13.2. The minimum atomic E-state index is -3.10. The number of aromatic amines is 1. The third-order valence-electron chi connectivity index (χ3n) is 5.82. The first kappa shape index (κ1) is 28.1. The zero-order valence-corrected chi connectivity index (χ0v) is 23.7. The summed E-state index contributed by atoms with van der Waals surface area (Å²) in [5, 5.41) is 30.9. The fraction of sp³-hybridized carbons (Fsp3) is 0.474. The number of nitrogens with one attached hydrogen (secondary N) is 2. The molecule has 5 N–H and O–H groups in total. The number of oxime groups is 1. The van der Waals surface area contributed by atoms with Gasteiger partial charge in [0, 0.05) is 28.7 Å². The molecule has 1 saturated heterocycles. The summed E-state index contributed by atoms with van der Waals surface area (Å²) in [7, 11) is -3.10. The number of fused-ring (bicyclic) bond motifs is 1. The van der Waals surface area contributed by atoms with Gasteiger partial charge in [0.05, 0.1) is 0 Å². The maximum Gasteiger partial charge on any atom is 0.352 e. The van der Waals surface area contributed by atoms with Gasteiger partial charge < -0.3 is 20.8 Å². The number of carboxylic acids is 1. The molecule has 2 aromatic heterocycles. The van der Waals surface area contributed by atoms with Crippen LogP contribution in [0.25, 0.3) is 0 Å². The van der Waals surface area contributed by atoms with Gasteiger partial charge in [-0.1, -0.05) is 30.8 Å². The molecule has 15 nitrogen and oxygen atoms in total. The number of thiazole rings is 1. The normalized spacial score (nSPS) is 20.6. The molecule has 1 unspecified atom stereocenters. The Hall–Kier alpha value is -2.95. The number of hydrogen-bond acceptors (Lipinski definition) is 14. The first-order valence-corrected chi connectivity index (χ1v) is 16.1. The highest BCUT2D eigenvalue weighted by Gasteiger charge is 2.55. The molecule has 2 aliphatic rings. The van der Waals surface area contributed by atoms with Gasteiger partial charge in [0.1, 0.15) is 22.8 Å². The van der Waals surface area contributed by atoms with E-state index in [0.717, 1.165) is 11.3 Å². The number of aromatic nitrogens is 5. The van der Waals surface area contributed by atoms with Crippen molar-refractivity contribution in [2.45, 2.75) is 42.6 Å². The van der Waals surface area contributed by atoms with Crippen LogP contribution in [0.4, 0.5) is 5.13 Å². The van der Waals surface area contributed by atoms with E-state index >= 15 is 0 Å². The number of tetrazole rings is 1. The van der Waals surface area contributed by atoms with E-state index in [-0.39, 0.29) is 39.8 Å². The van der Waals surface area contributed by atoms with Crippen LogP contribution in [0.2, 0.25) is 0 Å². The Morgan fingerprint density at radius 2 is 2.18 bits per heavy atom. The lowest BCUT2D eigenvalue weighted by atomic mass is 10.0. The number of carbonyl (C=O) groups is 3. The summed E-state index contributed by atoms with van der Waals surface area (Å²) in [5.41, 5.74) is 5.92. The molecule has 4 heterocycles. The number of anilines is 1. The average Bonchev–Trinajstić information content (AvgIpc) is 3.57. The van der Waals surface area contributed by atoms with Crippen molar-refractivity contribution in [3.8, 4) is 0 Å². The number of β-lactam (4-membered cyclic amide) rings is 1. The fourth-order valence-corrected chi connectivity index (χ4v) is 7.54. The summed E-state index contributed by atoms with van der Waals surface area (Å²) in [5.74, 6) is -2.33.